The summed E-state index contributed by atoms with van der Waals surface area (Å²) in [6.45, 7) is 1.63. The van der Waals surface area contributed by atoms with Gasteiger partial charge in [-0.2, -0.15) is 0 Å². The van der Waals surface area contributed by atoms with Crippen LogP contribution in [0.2, 0.25) is 0 Å². The molecule has 0 aromatic heterocycles. The summed E-state index contributed by atoms with van der Waals surface area (Å²) in [5.41, 5.74) is 0. The Hall–Kier alpha value is -0.650. The lowest BCUT2D eigenvalue weighted by molar-refractivity contribution is -0.241. The number of carboxylic acid groups (broad SMARTS) is 1. The van der Waals surface area contributed by atoms with Gasteiger partial charge in [0.15, 0.2) is 5.79 Å². The average Bonchev–Trinajstić information content (AvgIpc) is 2.54. The molecule has 0 amide bonds. The van der Waals surface area contributed by atoms with Crippen LogP contribution in [0.15, 0.2) is 0 Å². The van der Waals surface area contributed by atoms with Crippen molar-refractivity contribution in [3.63, 3.8) is 0 Å². The van der Waals surface area contributed by atoms with Crippen molar-refractivity contribution < 1.29 is 24.1 Å². The van der Waals surface area contributed by atoms with E-state index in [1.165, 1.54) is 0 Å². The third kappa shape index (κ3) is 1.43. The number of hydrogen-bond acceptors (Lipinski definition) is 4. The average molecular weight is 188 g/mol. The fourth-order valence-electron chi connectivity index (χ4n) is 1.79. The molecule has 1 N–H and O–H groups in total. The van der Waals surface area contributed by atoms with Gasteiger partial charge in [0.2, 0.25) is 0 Å². The molecule has 0 radical (unpaired) electrons. The third-order valence-corrected chi connectivity index (χ3v) is 2.48. The summed E-state index contributed by atoms with van der Waals surface area (Å²) in [4.78, 5) is 10.9. The van der Waals surface area contributed by atoms with Gasteiger partial charge in [0.1, 0.15) is 5.92 Å². The fourth-order valence-corrected chi connectivity index (χ4v) is 1.79. The van der Waals surface area contributed by atoms with Gasteiger partial charge in [-0.05, 0) is 0 Å². The quantitative estimate of drug-likeness (QED) is 0.620. The molecule has 1 spiro atoms. The lowest BCUT2D eigenvalue weighted by Crippen LogP contribution is -2.50. The number of ether oxygens (including phenoxy) is 3. The minimum absolute atomic E-state index is 0.176. The minimum atomic E-state index is -0.915. The van der Waals surface area contributed by atoms with Crippen molar-refractivity contribution in [3.05, 3.63) is 0 Å². The Morgan fingerprint density at radius 1 is 1.31 bits per heavy atom. The molecule has 2 aliphatic rings. The van der Waals surface area contributed by atoms with E-state index in [9.17, 15) is 4.79 Å². The van der Waals surface area contributed by atoms with Crippen molar-refractivity contribution in [2.75, 3.05) is 26.4 Å². The predicted octanol–water partition coefficient (Wildman–Crippen LogP) is -0.149. The van der Waals surface area contributed by atoms with Crippen LogP contribution in [0.25, 0.3) is 0 Å². The van der Waals surface area contributed by atoms with E-state index >= 15 is 0 Å². The molecule has 13 heavy (non-hydrogen) atoms. The van der Waals surface area contributed by atoms with Gasteiger partial charge in [-0.1, -0.05) is 0 Å². The standard InChI is InChI=1S/C8H12O5/c9-7(10)6-5-11-2-1-8(6)12-3-4-13-8/h6H,1-5H2,(H,9,10). The molecule has 1 atom stereocenters. The summed E-state index contributed by atoms with van der Waals surface area (Å²) in [5, 5.41) is 8.92. The van der Waals surface area contributed by atoms with Gasteiger partial charge in [-0.15, -0.1) is 0 Å². The maximum Gasteiger partial charge on any atom is 0.314 e. The fraction of sp³-hybridized carbons (Fsp3) is 0.875. The molecule has 0 aliphatic carbocycles. The third-order valence-electron chi connectivity index (χ3n) is 2.48. The summed E-state index contributed by atoms with van der Waals surface area (Å²) in [5.74, 6) is -2.52. The summed E-state index contributed by atoms with van der Waals surface area (Å²) in [7, 11) is 0. The van der Waals surface area contributed by atoms with E-state index in [1.807, 2.05) is 0 Å². The van der Waals surface area contributed by atoms with Gasteiger partial charge in [0.05, 0.1) is 26.4 Å². The van der Waals surface area contributed by atoms with Gasteiger partial charge in [0, 0.05) is 6.42 Å². The largest absolute Gasteiger partial charge is 0.481 e. The lowest BCUT2D eigenvalue weighted by Gasteiger charge is -2.36. The van der Waals surface area contributed by atoms with E-state index in [0.29, 0.717) is 26.2 Å². The number of hydrogen-bond donors (Lipinski definition) is 1. The molecule has 0 bridgehead atoms. The zero-order valence-corrected chi connectivity index (χ0v) is 7.19. The molecule has 2 aliphatic heterocycles. The van der Waals surface area contributed by atoms with Crippen molar-refractivity contribution >= 4 is 5.97 Å². The van der Waals surface area contributed by atoms with Crippen molar-refractivity contribution in [2.24, 2.45) is 5.92 Å². The first-order valence-electron chi connectivity index (χ1n) is 4.33. The first kappa shape index (κ1) is 8.93. The maximum absolute atomic E-state index is 10.9. The second-order valence-corrected chi connectivity index (χ2v) is 3.22. The van der Waals surface area contributed by atoms with Crippen LogP contribution in [0.5, 0.6) is 0 Å². The van der Waals surface area contributed by atoms with Crippen LogP contribution in [0.1, 0.15) is 6.42 Å². The Bertz CT molecular complexity index is 209. The number of rotatable bonds is 1. The second-order valence-electron chi connectivity index (χ2n) is 3.22. The zero-order valence-electron chi connectivity index (χ0n) is 7.19. The molecule has 5 nitrogen and oxygen atoms in total. The van der Waals surface area contributed by atoms with Crippen LogP contribution < -0.4 is 0 Å². The van der Waals surface area contributed by atoms with Crippen LogP contribution in [-0.2, 0) is 19.0 Å². The molecular formula is C8H12O5. The van der Waals surface area contributed by atoms with E-state index in [-0.39, 0.29) is 6.61 Å². The molecule has 0 aromatic rings. The Labute approximate surface area is 75.6 Å². The molecule has 1 unspecified atom stereocenters. The molecule has 2 rings (SSSR count). The van der Waals surface area contributed by atoms with Crippen molar-refractivity contribution in [1.82, 2.24) is 0 Å². The molecule has 74 valence electrons. The Balaban J connectivity index is 2.16. The number of carboxylic acids is 1. The van der Waals surface area contributed by atoms with E-state index in [2.05, 4.69) is 0 Å². The van der Waals surface area contributed by atoms with Crippen molar-refractivity contribution in [1.29, 1.82) is 0 Å². The monoisotopic (exact) mass is 188 g/mol. The number of aliphatic carboxylic acids is 1. The predicted molar refractivity (Wildman–Crippen MR) is 41.2 cm³/mol. The van der Waals surface area contributed by atoms with Gasteiger partial charge in [-0.3, -0.25) is 4.79 Å². The van der Waals surface area contributed by atoms with Crippen LogP contribution in [0.3, 0.4) is 0 Å². The van der Waals surface area contributed by atoms with Crippen molar-refractivity contribution in [2.45, 2.75) is 12.2 Å². The Morgan fingerprint density at radius 2 is 2.00 bits per heavy atom. The topological polar surface area (TPSA) is 65.0 Å². The molecule has 2 heterocycles. The SMILES string of the molecule is O=C(O)C1COCCC12OCCO2. The molecular weight excluding hydrogens is 176 g/mol. The van der Waals surface area contributed by atoms with Crippen LogP contribution in [0.4, 0.5) is 0 Å². The van der Waals surface area contributed by atoms with E-state index in [0.717, 1.165) is 0 Å². The molecule has 0 aromatic carbocycles. The van der Waals surface area contributed by atoms with Gasteiger partial charge in [0.25, 0.3) is 0 Å². The van der Waals surface area contributed by atoms with Gasteiger partial charge < -0.3 is 19.3 Å². The van der Waals surface area contributed by atoms with Crippen LogP contribution in [0, 0.1) is 5.92 Å². The van der Waals surface area contributed by atoms with Gasteiger partial charge >= 0.3 is 5.97 Å². The summed E-state index contributed by atoms with van der Waals surface area (Å²) >= 11 is 0. The van der Waals surface area contributed by atoms with Crippen molar-refractivity contribution in [3.8, 4) is 0 Å². The highest BCUT2D eigenvalue weighted by Crippen LogP contribution is 2.35. The van der Waals surface area contributed by atoms with Gasteiger partial charge in [-0.25, -0.2) is 0 Å². The maximum atomic E-state index is 10.9. The summed E-state index contributed by atoms with van der Waals surface area (Å²) in [6, 6.07) is 0. The molecule has 2 saturated heterocycles. The zero-order chi connectivity index (χ0) is 9.31. The highest BCUT2D eigenvalue weighted by molar-refractivity contribution is 5.71. The van der Waals surface area contributed by atoms with Crippen LogP contribution >= 0.6 is 0 Å². The highest BCUT2D eigenvalue weighted by Gasteiger charge is 2.50. The Morgan fingerprint density at radius 3 is 2.62 bits per heavy atom. The lowest BCUT2D eigenvalue weighted by atomic mass is 9.94. The smallest absolute Gasteiger partial charge is 0.314 e. The minimum Gasteiger partial charge on any atom is -0.481 e. The number of carbonyl (C=O) groups is 1. The first-order chi connectivity index (χ1) is 6.25. The second kappa shape index (κ2) is 3.25. The van der Waals surface area contributed by atoms with E-state index < -0.39 is 17.7 Å². The molecule has 5 heteroatoms. The highest BCUT2D eigenvalue weighted by atomic mass is 16.7. The summed E-state index contributed by atoms with van der Waals surface area (Å²) in [6.07, 6.45) is 0.504. The van der Waals surface area contributed by atoms with E-state index in [4.69, 9.17) is 19.3 Å². The Kier molecular flexibility index (Phi) is 2.23. The van der Waals surface area contributed by atoms with E-state index in [1.54, 1.807) is 0 Å². The van der Waals surface area contributed by atoms with Crippen LogP contribution in [-0.4, -0.2) is 43.3 Å². The first-order valence-corrected chi connectivity index (χ1v) is 4.33. The normalized spacial score (nSPS) is 32.2. The molecule has 2 fully saturated rings. The molecule has 0 saturated carbocycles. The summed E-state index contributed by atoms with van der Waals surface area (Å²) < 4.78 is 15.8.